The highest BCUT2D eigenvalue weighted by atomic mass is 19.1. The van der Waals surface area contributed by atoms with E-state index in [2.05, 4.69) is 21.7 Å². The molecule has 0 bridgehead atoms. The third-order valence-corrected chi connectivity index (χ3v) is 4.44. The number of benzene rings is 1. The third-order valence-electron chi connectivity index (χ3n) is 4.44. The molecule has 3 heteroatoms. The molecule has 1 saturated heterocycles. The molecule has 1 aliphatic carbocycles. The average Bonchev–Trinajstić information content (AvgIpc) is 3.08. The van der Waals surface area contributed by atoms with E-state index < -0.39 is 0 Å². The Hall–Kier alpha value is -2.34. The summed E-state index contributed by atoms with van der Waals surface area (Å²) in [4.78, 5) is 6.36. The van der Waals surface area contributed by atoms with Crippen LogP contribution in [0.4, 0.5) is 10.1 Å². The monoisotopic (exact) mass is 278 g/mol. The molecule has 2 fully saturated rings. The molecule has 1 aromatic heterocycles. The van der Waals surface area contributed by atoms with Gasteiger partial charge in [0.05, 0.1) is 11.1 Å². The normalized spacial score (nSPS) is 26.0. The summed E-state index contributed by atoms with van der Waals surface area (Å²) in [5.74, 6) is 6.98. The van der Waals surface area contributed by atoms with E-state index in [1.807, 2.05) is 30.3 Å². The maximum absolute atomic E-state index is 13.9. The average molecular weight is 278 g/mol. The molecular weight excluding hydrogens is 263 g/mol. The lowest BCUT2D eigenvalue weighted by Crippen LogP contribution is -2.25. The molecule has 1 aliphatic heterocycles. The molecule has 2 aromatic rings. The summed E-state index contributed by atoms with van der Waals surface area (Å²) >= 11 is 0. The molecule has 104 valence electrons. The fourth-order valence-corrected chi connectivity index (χ4v) is 3.19. The van der Waals surface area contributed by atoms with Gasteiger partial charge in [-0.2, -0.15) is 0 Å². The second kappa shape index (κ2) is 4.60. The Morgan fingerprint density at radius 1 is 1.19 bits per heavy atom. The zero-order chi connectivity index (χ0) is 14.3. The van der Waals surface area contributed by atoms with Gasteiger partial charge in [-0.3, -0.25) is 0 Å². The van der Waals surface area contributed by atoms with Gasteiger partial charge in [0.2, 0.25) is 0 Å². The van der Waals surface area contributed by atoms with Gasteiger partial charge in [-0.15, -0.1) is 0 Å². The quantitative estimate of drug-likeness (QED) is 0.745. The first-order valence-electron chi connectivity index (χ1n) is 7.21. The first-order valence-corrected chi connectivity index (χ1v) is 7.21. The number of nitrogens with zero attached hydrogens (tertiary/aromatic N) is 2. The standard InChI is InChI=1S/C18H15FN2/c19-16-6-1-2-7-17(16)21-12-14-11-18(14,13-21)9-8-15-5-3-4-10-20-15/h1-7,10,14H,11-13H2. The number of aromatic nitrogens is 1. The van der Waals surface area contributed by atoms with Crippen molar-refractivity contribution in [3.8, 4) is 11.8 Å². The fraction of sp³-hybridized carbons (Fsp3) is 0.278. The number of rotatable bonds is 1. The summed E-state index contributed by atoms with van der Waals surface area (Å²) in [6, 6.07) is 12.7. The second-order valence-corrected chi connectivity index (χ2v) is 5.85. The summed E-state index contributed by atoms with van der Waals surface area (Å²) in [5.41, 5.74) is 1.55. The predicted octanol–water partition coefficient (Wildman–Crippen LogP) is 3.10. The summed E-state index contributed by atoms with van der Waals surface area (Å²) < 4.78 is 13.9. The number of para-hydroxylation sites is 1. The van der Waals surface area contributed by atoms with Crippen molar-refractivity contribution in [2.45, 2.75) is 6.42 Å². The Balaban J connectivity index is 1.55. The number of halogens is 1. The van der Waals surface area contributed by atoms with Crippen molar-refractivity contribution in [3.63, 3.8) is 0 Å². The molecule has 0 amide bonds. The lowest BCUT2D eigenvalue weighted by atomic mass is 10.1. The lowest BCUT2D eigenvalue weighted by molar-refractivity contribution is 0.616. The molecular formula is C18H15FN2. The zero-order valence-corrected chi connectivity index (χ0v) is 11.6. The van der Waals surface area contributed by atoms with Crippen LogP contribution in [-0.2, 0) is 0 Å². The molecule has 2 atom stereocenters. The van der Waals surface area contributed by atoms with Gasteiger partial charge >= 0.3 is 0 Å². The highest BCUT2D eigenvalue weighted by Crippen LogP contribution is 2.58. The maximum Gasteiger partial charge on any atom is 0.146 e. The Labute approximate surface area is 123 Å². The Bertz CT molecular complexity index is 732. The van der Waals surface area contributed by atoms with Crippen LogP contribution in [0.2, 0.25) is 0 Å². The van der Waals surface area contributed by atoms with E-state index in [1.165, 1.54) is 6.07 Å². The largest absolute Gasteiger partial charge is 0.367 e. The van der Waals surface area contributed by atoms with E-state index in [4.69, 9.17) is 0 Å². The van der Waals surface area contributed by atoms with Gasteiger partial charge in [0.1, 0.15) is 11.5 Å². The van der Waals surface area contributed by atoms with E-state index in [9.17, 15) is 4.39 Å². The van der Waals surface area contributed by atoms with Crippen LogP contribution in [0.1, 0.15) is 12.1 Å². The Morgan fingerprint density at radius 2 is 2.05 bits per heavy atom. The molecule has 0 spiro atoms. The van der Waals surface area contributed by atoms with Crippen LogP contribution in [0.3, 0.4) is 0 Å². The second-order valence-electron chi connectivity index (χ2n) is 5.85. The van der Waals surface area contributed by atoms with Gasteiger partial charge in [0, 0.05) is 19.3 Å². The third kappa shape index (κ3) is 2.17. The molecule has 4 rings (SSSR count). The minimum atomic E-state index is -0.147. The van der Waals surface area contributed by atoms with E-state index in [1.54, 1.807) is 12.3 Å². The van der Waals surface area contributed by atoms with Crippen LogP contribution in [0.5, 0.6) is 0 Å². The van der Waals surface area contributed by atoms with Gasteiger partial charge in [-0.1, -0.05) is 24.1 Å². The van der Waals surface area contributed by atoms with Crippen molar-refractivity contribution in [3.05, 3.63) is 60.2 Å². The van der Waals surface area contributed by atoms with Crippen molar-refractivity contribution in [2.75, 3.05) is 18.0 Å². The van der Waals surface area contributed by atoms with Gasteiger partial charge in [-0.05, 0) is 42.5 Å². The molecule has 2 unspecified atom stereocenters. The topological polar surface area (TPSA) is 16.1 Å². The van der Waals surface area contributed by atoms with E-state index in [0.717, 1.165) is 25.2 Å². The number of piperidine rings is 1. The van der Waals surface area contributed by atoms with Crippen molar-refractivity contribution < 1.29 is 4.39 Å². The van der Waals surface area contributed by atoms with Crippen molar-refractivity contribution in [2.24, 2.45) is 11.3 Å². The summed E-state index contributed by atoms with van der Waals surface area (Å²) in [6.07, 6.45) is 2.88. The fourth-order valence-electron chi connectivity index (χ4n) is 3.19. The molecule has 2 nitrogen and oxygen atoms in total. The smallest absolute Gasteiger partial charge is 0.146 e. The highest BCUT2D eigenvalue weighted by Gasteiger charge is 2.59. The molecule has 21 heavy (non-hydrogen) atoms. The van der Waals surface area contributed by atoms with E-state index >= 15 is 0 Å². The zero-order valence-electron chi connectivity index (χ0n) is 11.6. The number of fused-ring (bicyclic) bond motifs is 1. The predicted molar refractivity (Wildman–Crippen MR) is 80.3 cm³/mol. The molecule has 0 radical (unpaired) electrons. The van der Waals surface area contributed by atoms with Crippen molar-refractivity contribution in [1.82, 2.24) is 4.98 Å². The van der Waals surface area contributed by atoms with Crippen molar-refractivity contribution in [1.29, 1.82) is 0 Å². The molecule has 1 aromatic carbocycles. The summed E-state index contributed by atoms with van der Waals surface area (Å²) in [7, 11) is 0. The number of anilines is 1. The van der Waals surface area contributed by atoms with Crippen LogP contribution in [-0.4, -0.2) is 18.1 Å². The van der Waals surface area contributed by atoms with Gasteiger partial charge < -0.3 is 4.90 Å². The summed E-state index contributed by atoms with van der Waals surface area (Å²) in [6.45, 7) is 1.72. The van der Waals surface area contributed by atoms with Crippen LogP contribution in [0.15, 0.2) is 48.7 Å². The Kier molecular flexibility index (Phi) is 2.71. The lowest BCUT2D eigenvalue weighted by Gasteiger charge is -2.21. The number of hydrogen-bond donors (Lipinski definition) is 0. The summed E-state index contributed by atoms with van der Waals surface area (Å²) in [5, 5.41) is 0. The van der Waals surface area contributed by atoms with Crippen LogP contribution in [0.25, 0.3) is 0 Å². The van der Waals surface area contributed by atoms with E-state index in [0.29, 0.717) is 11.6 Å². The van der Waals surface area contributed by atoms with Crippen LogP contribution >= 0.6 is 0 Å². The van der Waals surface area contributed by atoms with Crippen LogP contribution < -0.4 is 4.90 Å². The van der Waals surface area contributed by atoms with Gasteiger partial charge in [-0.25, -0.2) is 9.37 Å². The van der Waals surface area contributed by atoms with Gasteiger partial charge in [0.25, 0.3) is 0 Å². The molecule has 2 heterocycles. The first kappa shape index (κ1) is 12.4. The highest BCUT2D eigenvalue weighted by molar-refractivity contribution is 5.52. The minimum absolute atomic E-state index is 0.0415. The number of hydrogen-bond acceptors (Lipinski definition) is 2. The van der Waals surface area contributed by atoms with Crippen molar-refractivity contribution >= 4 is 5.69 Å². The SMILES string of the molecule is Fc1ccccc1N1CC2CC2(C#Cc2ccccn2)C1. The van der Waals surface area contributed by atoms with Crippen LogP contribution in [0, 0.1) is 29.0 Å². The number of pyridine rings is 1. The van der Waals surface area contributed by atoms with Gasteiger partial charge in [0.15, 0.2) is 0 Å². The first-order chi connectivity index (χ1) is 10.3. The molecule has 0 N–H and O–H groups in total. The Morgan fingerprint density at radius 3 is 2.86 bits per heavy atom. The molecule has 2 aliphatic rings. The van der Waals surface area contributed by atoms with E-state index in [-0.39, 0.29) is 11.2 Å². The molecule has 1 saturated carbocycles. The minimum Gasteiger partial charge on any atom is -0.367 e. The maximum atomic E-state index is 13.9.